The third kappa shape index (κ3) is 4.84. The first-order valence-corrected chi connectivity index (χ1v) is 8.06. The highest BCUT2D eigenvalue weighted by Crippen LogP contribution is 2.20. The lowest BCUT2D eigenvalue weighted by Gasteiger charge is -2.04. The second-order valence-corrected chi connectivity index (χ2v) is 5.67. The molecule has 0 aliphatic carbocycles. The summed E-state index contributed by atoms with van der Waals surface area (Å²) in [6.45, 7) is 3.08. The second kappa shape index (κ2) is 9.02. The Morgan fingerprint density at radius 3 is 2.69 bits per heavy atom. The Morgan fingerprint density at radius 2 is 2.12 bits per heavy atom. The number of pyridine rings is 1. The molecule has 2 aromatic heterocycles. The van der Waals surface area contributed by atoms with Crippen molar-refractivity contribution in [2.24, 2.45) is 0 Å². The van der Waals surface area contributed by atoms with Gasteiger partial charge in [0.1, 0.15) is 6.20 Å². The summed E-state index contributed by atoms with van der Waals surface area (Å²) in [6, 6.07) is 7.34. The number of carbonyl (C=O) groups is 1. The summed E-state index contributed by atoms with van der Waals surface area (Å²) >= 11 is 5.92. The van der Waals surface area contributed by atoms with Crippen molar-refractivity contribution in [2.45, 2.75) is 13.5 Å². The molecule has 136 valence electrons. The monoisotopic (exact) mass is 376 g/mol. The van der Waals surface area contributed by atoms with Crippen LogP contribution in [-0.4, -0.2) is 39.7 Å². The smallest absolute Gasteiger partial charge is 0.317 e. The quantitative estimate of drug-likeness (QED) is 0.383. The van der Waals surface area contributed by atoms with Crippen molar-refractivity contribution >= 4 is 34.5 Å². The van der Waals surface area contributed by atoms with Crippen molar-refractivity contribution in [2.75, 3.05) is 13.7 Å². The van der Waals surface area contributed by atoms with E-state index in [4.69, 9.17) is 11.6 Å². The maximum Gasteiger partial charge on any atom is 0.317 e. The molecular weight excluding hydrogens is 360 g/mol. The van der Waals surface area contributed by atoms with Gasteiger partial charge in [0.2, 0.25) is 5.69 Å². The molecule has 0 unspecified atom stereocenters. The van der Waals surface area contributed by atoms with Crippen LogP contribution in [-0.2, 0) is 11.3 Å². The average Bonchev–Trinajstić information content (AvgIpc) is 3.04. The molecule has 0 saturated carbocycles. The number of benzene rings is 1. The van der Waals surface area contributed by atoms with E-state index in [9.17, 15) is 14.9 Å². The van der Waals surface area contributed by atoms with E-state index in [0.29, 0.717) is 17.9 Å². The van der Waals surface area contributed by atoms with Gasteiger partial charge in [-0.3, -0.25) is 24.6 Å². The Kier molecular flexibility index (Phi) is 6.76. The minimum absolute atomic E-state index is 0.185. The van der Waals surface area contributed by atoms with Crippen LogP contribution >= 0.6 is 11.6 Å². The number of halogens is 1. The molecule has 0 aliphatic heterocycles. The molecule has 0 amide bonds. The summed E-state index contributed by atoms with van der Waals surface area (Å²) in [5, 5.41) is 16.1. The van der Waals surface area contributed by atoms with Crippen LogP contribution in [0.1, 0.15) is 23.0 Å². The maximum absolute atomic E-state index is 10.8. The zero-order valence-corrected chi connectivity index (χ0v) is 15.0. The summed E-state index contributed by atoms with van der Waals surface area (Å²) in [7, 11) is 1.68. The van der Waals surface area contributed by atoms with Crippen LogP contribution in [0.3, 0.4) is 0 Å². The van der Waals surface area contributed by atoms with E-state index >= 15 is 0 Å². The lowest BCUT2D eigenvalue weighted by atomic mass is 10.1. The van der Waals surface area contributed by atoms with Crippen molar-refractivity contribution in [3.63, 3.8) is 0 Å². The van der Waals surface area contributed by atoms with Gasteiger partial charge in [0.25, 0.3) is 0 Å². The first-order chi connectivity index (χ1) is 12.5. The van der Waals surface area contributed by atoms with Gasteiger partial charge < -0.3 is 4.74 Å². The Hall–Kier alpha value is -2.84. The van der Waals surface area contributed by atoms with Crippen LogP contribution in [0.25, 0.3) is 10.9 Å². The molecule has 9 heteroatoms. The van der Waals surface area contributed by atoms with Crippen LogP contribution in [0.5, 0.6) is 0 Å². The fourth-order valence-electron chi connectivity index (χ4n) is 2.17. The minimum Gasteiger partial charge on any atom is -0.385 e. The summed E-state index contributed by atoms with van der Waals surface area (Å²) in [6.07, 6.45) is 3.18. The van der Waals surface area contributed by atoms with Crippen molar-refractivity contribution in [3.05, 3.63) is 63.1 Å². The first kappa shape index (κ1) is 19.5. The number of hydrogen-bond donors (Lipinski definition) is 0. The molecular formula is C17H17ClN4O4. The number of rotatable bonds is 5. The third-order valence-corrected chi connectivity index (χ3v) is 3.63. The van der Waals surface area contributed by atoms with Gasteiger partial charge >= 0.3 is 5.69 Å². The minimum atomic E-state index is -0.628. The van der Waals surface area contributed by atoms with E-state index < -0.39 is 4.92 Å². The van der Waals surface area contributed by atoms with E-state index in [1.807, 2.05) is 25.1 Å². The molecule has 0 fully saturated rings. The molecule has 2 heterocycles. The Balaban J connectivity index is 0.000000552. The normalized spacial score (nSPS) is 10.3. The Morgan fingerprint density at radius 1 is 1.38 bits per heavy atom. The summed E-state index contributed by atoms with van der Waals surface area (Å²) in [5.74, 6) is 0. The van der Waals surface area contributed by atoms with Gasteiger partial charge in [-0.05, 0) is 30.7 Å². The van der Waals surface area contributed by atoms with Crippen LogP contribution < -0.4 is 0 Å². The fourth-order valence-corrected chi connectivity index (χ4v) is 2.34. The molecule has 0 N–H and O–H groups in total. The molecule has 8 nitrogen and oxygen atoms in total. The zero-order chi connectivity index (χ0) is 19.1. The topological polar surface area (TPSA) is 100 Å². The third-order valence-electron chi connectivity index (χ3n) is 3.42. The molecule has 0 spiro atoms. The Labute approximate surface area is 154 Å². The lowest BCUT2D eigenvalue weighted by Crippen LogP contribution is -2.01. The number of nitro groups is 1. The van der Waals surface area contributed by atoms with Crippen molar-refractivity contribution in [3.8, 4) is 0 Å². The summed E-state index contributed by atoms with van der Waals surface area (Å²) in [5.41, 5.74) is 1.18. The molecule has 0 radical (unpaired) electrons. The van der Waals surface area contributed by atoms with Crippen LogP contribution in [0.15, 0.2) is 36.7 Å². The van der Waals surface area contributed by atoms with Gasteiger partial charge in [0, 0.05) is 25.3 Å². The van der Waals surface area contributed by atoms with Gasteiger partial charge in [0.05, 0.1) is 22.0 Å². The number of aldehydes is 1. The van der Waals surface area contributed by atoms with Gasteiger partial charge in [-0.25, -0.2) is 0 Å². The van der Waals surface area contributed by atoms with E-state index in [1.165, 1.54) is 10.9 Å². The number of aromatic nitrogens is 3. The Bertz CT molecular complexity index is 924. The van der Waals surface area contributed by atoms with E-state index in [0.717, 1.165) is 23.1 Å². The largest absolute Gasteiger partial charge is 0.385 e. The van der Waals surface area contributed by atoms with Gasteiger partial charge in [-0.1, -0.05) is 17.7 Å². The predicted octanol–water partition coefficient (Wildman–Crippen LogP) is 3.51. The number of methoxy groups -OCH3 is 1. The summed E-state index contributed by atoms with van der Waals surface area (Å²) < 4.78 is 5.90. The van der Waals surface area contributed by atoms with Crippen molar-refractivity contribution in [1.82, 2.24) is 14.8 Å². The van der Waals surface area contributed by atoms with Gasteiger partial charge in [-0.2, -0.15) is 5.10 Å². The number of fused-ring (bicyclic) bond motifs is 1. The highest BCUT2D eigenvalue weighted by Gasteiger charge is 2.18. The van der Waals surface area contributed by atoms with Crippen molar-refractivity contribution in [1.29, 1.82) is 0 Å². The van der Waals surface area contributed by atoms with Gasteiger partial charge in [-0.15, -0.1) is 0 Å². The maximum atomic E-state index is 10.8. The first-order valence-electron chi connectivity index (χ1n) is 7.68. The average molecular weight is 377 g/mol. The van der Waals surface area contributed by atoms with Crippen LogP contribution in [0.2, 0.25) is 5.02 Å². The number of ether oxygens (including phenoxy) is 1. The van der Waals surface area contributed by atoms with Crippen LogP contribution in [0, 0.1) is 10.1 Å². The molecule has 0 atom stereocenters. The molecule has 1 aromatic carbocycles. The number of carbonyl (C=O) groups excluding carboxylic acids is 1. The highest BCUT2D eigenvalue weighted by atomic mass is 35.5. The number of hydrogen-bond acceptors (Lipinski definition) is 6. The molecule has 26 heavy (non-hydrogen) atoms. The van der Waals surface area contributed by atoms with Crippen molar-refractivity contribution < 1.29 is 14.5 Å². The van der Waals surface area contributed by atoms with E-state index in [-0.39, 0.29) is 11.4 Å². The molecule has 3 aromatic rings. The molecule has 0 bridgehead atoms. The standard InChI is InChI=1S/C14H9ClN4O3.C3H8O/c15-11-4-10-3-9(1-2-12(10)16-5-11)6-18-7-14(19(21)22)13(8-20)17-18;1-3-4-2/h1-5,7-8H,6H2;3H2,1-2H3. The molecule has 3 rings (SSSR count). The SMILES string of the molecule is CCOC.O=Cc1nn(Cc2ccc3ncc(Cl)cc3c2)cc1[N+](=O)[O-]. The summed E-state index contributed by atoms with van der Waals surface area (Å²) in [4.78, 5) is 25.2. The second-order valence-electron chi connectivity index (χ2n) is 5.23. The van der Waals surface area contributed by atoms with E-state index in [2.05, 4.69) is 14.8 Å². The van der Waals surface area contributed by atoms with Crippen LogP contribution in [0.4, 0.5) is 5.69 Å². The zero-order valence-electron chi connectivity index (χ0n) is 14.3. The molecule has 0 saturated heterocycles. The number of nitrogens with zero attached hydrogens (tertiary/aromatic N) is 4. The highest BCUT2D eigenvalue weighted by molar-refractivity contribution is 6.31. The van der Waals surface area contributed by atoms with Gasteiger partial charge in [0.15, 0.2) is 6.29 Å². The predicted molar refractivity (Wildman–Crippen MR) is 97.7 cm³/mol. The lowest BCUT2D eigenvalue weighted by molar-refractivity contribution is -0.385. The fraction of sp³-hybridized carbons (Fsp3) is 0.235. The molecule has 0 aliphatic rings. The van der Waals surface area contributed by atoms with E-state index in [1.54, 1.807) is 19.4 Å².